The van der Waals surface area contributed by atoms with Crippen molar-refractivity contribution in [1.82, 2.24) is 10.2 Å². The van der Waals surface area contributed by atoms with Gasteiger partial charge >= 0.3 is 0 Å². The Kier molecular flexibility index (Phi) is 11.1. The van der Waals surface area contributed by atoms with Crippen LogP contribution in [0.5, 0.6) is 0 Å². The molecule has 1 N–H and O–H groups in total. The average Bonchev–Trinajstić information content (AvgIpc) is 3.03. The topological polar surface area (TPSA) is 86.8 Å². The molecule has 0 aliphatic rings. The fraction of sp³-hybridized carbons (Fsp3) is 0.278. The van der Waals surface area contributed by atoms with Crippen LogP contribution in [-0.4, -0.2) is 44.3 Å². The van der Waals surface area contributed by atoms with Gasteiger partial charge in [-0.2, -0.15) is 0 Å². The van der Waals surface area contributed by atoms with Gasteiger partial charge in [0, 0.05) is 19.5 Å². The fourth-order valence-corrected chi connectivity index (χ4v) is 6.32. The van der Waals surface area contributed by atoms with Crippen molar-refractivity contribution in [2.75, 3.05) is 17.4 Å². The highest BCUT2D eigenvalue weighted by atomic mass is 32.2. The molecule has 0 saturated carbocycles. The molecule has 9 heteroatoms. The Morgan fingerprint density at radius 3 is 2.02 bits per heavy atom. The Labute approximate surface area is 265 Å². The molecule has 2 amide bonds. The first-order valence-electron chi connectivity index (χ1n) is 15.0. The Morgan fingerprint density at radius 2 is 1.42 bits per heavy atom. The molecule has 45 heavy (non-hydrogen) atoms. The predicted molar refractivity (Wildman–Crippen MR) is 176 cm³/mol. The molecule has 236 valence electrons. The van der Waals surface area contributed by atoms with Crippen LogP contribution >= 0.6 is 0 Å². The Balaban J connectivity index is 1.80. The Bertz CT molecular complexity index is 1700. The van der Waals surface area contributed by atoms with Crippen molar-refractivity contribution in [2.45, 2.75) is 51.6 Å². The van der Waals surface area contributed by atoms with Gasteiger partial charge in [0.25, 0.3) is 10.0 Å². The number of amides is 2. The van der Waals surface area contributed by atoms with Crippen LogP contribution in [0.4, 0.5) is 10.1 Å². The predicted octanol–water partition coefficient (Wildman–Crippen LogP) is 6.05. The summed E-state index contributed by atoms with van der Waals surface area (Å²) in [5, 5.41) is 2.96. The summed E-state index contributed by atoms with van der Waals surface area (Å²) in [7, 11) is -4.18. The van der Waals surface area contributed by atoms with Crippen LogP contribution in [0.25, 0.3) is 0 Å². The van der Waals surface area contributed by atoms with E-state index in [1.54, 1.807) is 42.5 Å². The standard InChI is InChI=1S/C36H40FN3O4S/c1-26(2)23-38-36(42)34(22-29-11-7-5-8-12-29)39(24-30-16-18-31(37)19-17-30)35(41)25-40(32-20-15-27(3)28(4)21-32)45(43,44)33-13-9-6-10-14-33/h5-21,26,34H,22-25H2,1-4H3,(H,38,42). The number of hydrogen-bond donors (Lipinski definition) is 1. The number of benzene rings is 4. The summed E-state index contributed by atoms with van der Waals surface area (Å²) in [6.07, 6.45) is 0.201. The number of anilines is 1. The first kappa shape index (κ1) is 33.4. The molecular weight excluding hydrogens is 589 g/mol. The lowest BCUT2D eigenvalue weighted by Crippen LogP contribution is -2.53. The molecule has 4 aromatic carbocycles. The number of nitrogens with zero attached hydrogens (tertiary/aromatic N) is 2. The molecule has 0 bridgehead atoms. The molecule has 4 aromatic rings. The second-order valence-corrected chi connectivity index (χ2v) is 13.4. The maximum atomic E-state index is 14.5. The van der Waals surface area contributed by atoms with Gasteiger partial charge in [-0.3, -0.25) is 13.9 Å². The van der Waals surface area contributed by atoms with Crippen LogP contribution in [0.3, 0.4) is 0 Å². The van der Waals surface area contributed by atoms with Gasteiger partial charge in [-0.15, -0.1) is 0 Å². The number of halogens is 1. The Morgan fingerprint density at radius 1 is 0.800 bits per heavy atom. The summed E-state index contributed by atoms with van der Waals surface area (Å²) in [5.74, 6) is -1.18. The van der Waals surface area contributed by atoms with E-state index >= 15 is 0 Å². The van der Waals surface area contributed by atoms with Crippen LogP contribution in [0.2, 0.25) is 0 Å². The number of carbonyl (C=O) groups is 2. The molecule has 0 aliphatic carbocycles. The van der Waals surface area contributed by atoms with Crippen molar-refractivity contribution in [3.63, 3.8) is 0 Å². The van der Waals surface area contributed by atoms with Crippen LogP contribution < -0.4 is 9.62 Å². The monoisotopic (exact) mass is 629 g/mol. The molecule has 1 atom stereocenters. The molecule has 7 nitrogen and oxygen atoms in total. The molecule has 0 saturated heterocycles. The molecule has 1 unspecified atom stereocenters. The molecule has 0 aliphatic heterocycles. The third-order valence-electron chi connectivity index (χ3n) is 7.61. The zero-order valence-corrected chi connectivity index (χ0v) is 26.9. The zero-order chi connectivity index (χ0) is 32.6. The van der Waals surface area contributed by atoms with E-state index in [9.17, 15) is 22.4 Å². The van der Waals surface area contributed by atoms with Gasteiger partial charge < -0.3 is 10.2 Å². The van der Waals surface area contributed by atoms with Crippen molar-refractivity contribution in [2.24, 2.45) is 5.92 Å². The zero-order valence-electron chi connectivity index (χ0n) is 26.1. The summed E-state index contributed by atoms with van der Waals surface area (Å²) >= 11 is 0. The highest BCUT2D eigenvalue weighted by Crippen LogP contribution is 2.27. The second-order valence-electron chi connectivity index (χ2n) is 11.6. The Hall–Kier alpha value is -4.50. The van der Waals surface area contributed by atoms with E-state index in [0.29, 0.717) is 17.8 Å². The van der Waals surface area contributed by atoms with E-state index < -0.39 is 34.3 Å². The van der Waals surface area contributed by atoms with Crippen LogP contribution in [0.15, 0.2) is 108 Å². The third kappa shape index (κ3) is 8.79. The highest BCUT2D eigenvalue weighted by molar-refractivity contribution is 7.92. The van der Waals surface area contributed by atoms with E-state index in [2.05, 4.69) is 5.32 Å². The van der Waals surface area contributed by atoms with Crippen molar-refractivity contribution in [3.05, 3.63) is 131 Å². The molecule has 0 heterocycles. The molecule has 0 aromatic heterocycles. The SMILES string of the molecule is Cc1ccc(N(CC(=O)N(Cc2ccc(F)cc2)C(Cc2ccccc2)C(=O)NCC(C)C)S(=O)(=O)c2ccccc2)cc1C. The van der Waals surface area contributed by atoms with E-state index in [-0.39, 0.29) is 29.7 Å². The van der Waals surface area contributed by atoms with E-state index in [4.69, 9.17) is 0 Å². The van der Waals surface area contributed by atoms with Gasteiger partial charge in [-0.05, 0) is 78.4 Å². The molecule has 0 fully saturated rings. The van der Waals surface area contributed by atoms with Gasteiger partial charge in [-0.25, -0.2) is 12.8 Å². The van der Waals surface area contributed by atoms with Crippen molar-refractivity contribution in [3.8, 4) is 0 Å². The van der Waals surface area contributed by atoms with Gasteiger partial charge in [-0.1, -0.05) is 80.6 Å². The minimum absolute atomic E-state index is 0.0299. The maximum Gasteiger partial charge on any atom is 0.264 e. The number of carbonyl (C=O) groups excluding carboxylic acids is 2. The van der Waals surface area contributed by atoms with E-state index in [1.165, 1.54) is 29.2 Å². The molecule has 4 rings (SSSR count). The number of aryl methyl sites for hydroxylation is 2. The van der Waals surface area contributed by atoms with Crippen molar-refractivity contribution in [1.29, 1.82) is 0 Å². The van der Waals surface area contributed by atoms with E-state index in [0.717, 1.165) is 21.0 Å². The third-order valence-corrected chi connectivity index (χ3v) is 9.40. The van der Waals surface area contributed by atoms with Crippen LogP contribution in [-0.2, 0) is 32.6 Å². The highest BCUT2D eigenvalue weighted by Gasteiger charge is 2.34. The normalized spacial score (nSPS) is 12.0. The molecule has 0 spiro atoms. The van der Waals surface area contributed by atoms with Crippen molar-refractivity contribution >= 4 is 27.5 Å². The lowest BCUT2D eigenvalue weighted by Gasteiger charge is -2.34. The number of hydrogen-bond acceptors (Lipinski definition) is 4. The quantitative estimate of drug-likeness (QED) is 0.195. The largest absolute Gasteiger partial charge is 0.354 e. The van der Waals surface area contributed by atoms with Gasteiger partial charge in [0.2, 0.25) is 11.8 Å². The fourth-order valence-electron chi connectivity index (χ4n) is 4.89. The van der Waals surface area contributed by atoms with E-state index in [1.807, 2.05) is 64.1 Å². The minimum Gasteiger partial charge on any atom is -0.354 e. The minimum atomic E-state index is -4.18. The second kappa shape index (κ2) is 15.0. The summed E-state index contributed by atoms with van der Waals surface area (Å²) in [6.45, 7) is 7.58. The number of rotatable bonds is 13. The summed E-state index contributed by atoms with van der Waals surface area (Å²) in [4.78, 5) is 29.7. The number of sulfonamides is 1. The van der Waals surface area contributed by atoms with Gasteiger partial charge in [0.1, 0.15) is 18.4 Å². The van der Waals surface area contributed by atoms with Crippen LogP contribution in [0.1, 0.15) is 36.1 Å². The van der Waals surface area contributed by atoms with Gasteiger partial charge in [0.15, 0.2) is 0 Å². The maximum absolute atomic E-state index is 14.5. The summed E-state index contributed by atoms with van der Waals surface area (Å²) in [6, 6.07) is 27.3. The first-order valence-corrected chi connectivity index (χ1v) is 16.4. The molecule has 0 radical (unpaired) electrons. The average molecular weight is 630 g/mol. The molecular formula is C36H40FN3O4S. The lowest BCUT2D eigenvalue weighted by molar-refractivity contribution is -0.140. The lowest BCUT2D eigenvalue weighted by atomic mass is 10.0. The smallest absolute Gasteiger partial charge is 0.264 e. The van der Waals surface area contributed by atoms with Crippen molar-refractivity contribution < 1.29 is 22.4 Å². The summed E-state index contributed by atoms with van der Waals surface area (Å²) in [5.41, 5.74) is 3.61. The summed E-state index contributed by atoms with van der Waals surface area (Å²) < 4.78 is 43.1. The number of nitrogens with one attached hydrogen (secondary N) is 1. The first-order chi connectivity index (χ1) is 21.5. The van der Waals surface area contributed by atoms with Gasteiger partial charge in [0.05, 0.1) is 10.6 Å². The van der Waals surface area contributed by atoms with Crippen LogP contribution in [0, 0.1) is 25.6 Å².